The largest absolute Gasteiger partial charge is 0.490 e. The van der Waals surface area contributed by atoms with E-state index in [1.54, 1.807) is 24.3 Å². The second-order valence-electron chi connectivity index (χ2n) is 5.22. The van der Waals surface area contributed by atoms with Crippen molar-refractivity contribution in [3.63, 3.8) is 0 Å². The molecule has 3 rings (SSSR count). The molecule has 4 heteroatoms. The Morgan fingerprint density at radius 1 is 1.10 bits per heavy atom. The molecular formula is C17H14F2O2. The van der Waals surface area contributed by atoms with E-state index in [9.17, 15) is 13.6 Å². The summed E-state index contributed by atoms with van der Waals surface area (Å²) >= 11 is 0. The molecule has 108 valence electrons. The first-order chi connectivity index (χ1) is 10.1. The Morgan fingerprint density at radius 2 is 1.81 bits per heavy atom. The maximum Gasteiger partial charge on any atom is 0.167 e. The number of hydrogen-bond donors (Lipinski definition) is 0. The Hall–Kier alpha value is -2.23. The smallest absolute Gasteiger partial charge is 0.167 e. The minimum Gasteiger partial charge on any atom is -0.490 e. The standard InChI is InChI=1S/C17H14F2O2/c18-13-6-11(7-14(19)10-13)8-17(20)12-2-1-3-16(9-12)21-15-4-5-15/h1-3,6-7,9-10,15H,4-5,8H2. The van der Waals surface area contributed by atoms with Crippen LogP contribution >= 0.6 is 0 Å². The molecule has 0 atom stereocenters. The molecule has 1 aliphatic rings. The second-order valence-corrected chi connectivity index (χ2v) is 5.22. The van der Waals surface area contributed by atoms with Crippen LogP contribution in [0.25, 0.3) is 0 Å². The summed E-state index contributed by atoms with van der Waals surface area (Å²) in [7, 11) is 0. The van der Waals surface area contributed by atoms with Gasteiger partial charge in [0, 0.05) is 18.1 Å². The van der Waals surface area contributed by atoms with Gasteiger partial charge in [0.2, 0.25) is 0 Å². The summed E-state index contributed by atoms with van der Waals surface area (Å²) in [4.78, 5) is 12.2. The maximum atomic E-state index is 13.1. The molecule has 0 bridgehead atoms. The topological polar surface area (TPSA) is 26.3 Å². The van der Waals surface area contributed by atoms with Gasteiger partial charge in [-0.2, -0.15) is 0 Å². The highest BCUT2D eigenvalue weighted by atomic mass is 19.1. The van der Waals surface area contributed by atoms with Crippen LogP contribution in [-0.2, 0) is 6.42 Å². The van der Waals surface area contributed by atoms with Crippen molar-refractivity contribution in [1.82, 2.24) is 0 Å². The normalized spacial score (nSPS) is 14.0. The number of Topliss-reactive ketones (excluding diaryl/α,β-unsaturated/α-hetero) is 1. The van der Waals surface area contributed by atoms with E-state index in [0.29, 0.717) is 16.9 Å². The van der Waals surface area contributed by atoms with E-state index in [1.165, 1.54) is 12.1 Å². The molecule has 2 aromatic carbocycles. The van der Waals surface area contributed by atoms with Crippen LogP contribution in [0, 0.1) is 11.6 Å². The number of ether oxygens (including phenoxy) is 1. The van der Waals surface area contributed by atoms with Gasteiger partial charge in [-0.25, -0.2) is 8.78 Å². The van der Waals surface area contributed by atoms with Crippen LogP contribution in [0.3, 0.4) is 0 Å². The third kappa shape index (κ3) is 3.66. The zero-order valence-corrected chi connectivity index (χ0v) is 11.3. The quantitative estimate of drug-likeness (QED) is 0.779. The van der Waals surface area contributed by atoms with Gasteiger partial charge < -0.3 is 4.74 Å². The fourth-order valence-electron chi connectivity index (χ4n) is 2.12. The zero-order chi connectivity index (χ0) is 14.8. The van der Waals surface area contributed by atoms with Crippen LogP contribution in [0.1, 0.15) is 28.8 Å². The molecule has 1 saturated carbocycles. The summed E-state index contributed by atoms with van der Waals surface area (Å²) in [6.45, 7) is 0. The van der Waals surface area contributed by atoms with E-state index in [2.05, 4.69) is 0 Å². The Balaban J connectivity index is 1.74. The lowest BCUT2D eigenvalue weighted by Crippen LogP contribution is -2.05. The molecule has 0 radical (unpaired) electrons. The van der Waals surface area contributed by atoms with Crippen LogP contribution < -0.4 is 4.74 Å². The average Bonchev–Trinajstić information content (AvgIpc) is 3.21. The van der Waals surface area contributed by atoms with E-state index >= 15 is 0 Å². The van der Waals surface area contributed by atoms with Crippen molar-refractivity contribution in [2.24, 2.45) is 0 Å². The molecule has 0 heterocycles. The van der Waals surface area contributed by atoms with Gasteiger partial charge in [-0.1, -0.05) is 12.1 Å². The second kappa shape index (κ2) is 5.64. The van der Waals surface area contributed by atoms with Gasteiger partial charge in [-0.05, 0) is 42.7 Å². The van der Waals surface area contributed by atoms with Crippen molar-refractivity contribution in [3.05, 3.63) is 65.2 Å². The Bertz CT molecular complexity index is 658. The molecule has 1 fully saturated rings. The van der Waals surface area contributed by atoms with Crippen LogP contribution in [0.15, 0.2) is 42.5 Å². The number of halogens is 2. The van der Waals surface area contributed by atoms with Crippen molar-refractivity contribution in [3.8, 4) is 5.75 Å². The molecule has 0 spiro atoms. The van der Waals surface area contributed by atoms with E-state index in [1.807, 2.05) is 0 Å². The maximum absolute atomic E-state index is 13.1. The average molecular weight is 288 g/mol. The highest BCUT2D eigenvalue weighted by Gasteiger charge is 2.23. The summed E-state index contributed by atoms with van der Waals surface area (Å²) < 4.78 is 31.9. The summed E-state index contributed by atoms with van der Waals surface area (Å²) in [5, 5.41) is 0. The number of carbonyl (C=O) groups is 1. The summed E-state index contributed by atoms with van der Waals surface area (Å²) in [6.07, 6.45) is 2.30. The van der Waals surface area contributed by atoms with E-state index in [4.69, 9.17) is 4.74 Å². The Kier molecular flexibility index (Phi) is 3.69. The van der Waals surface area contributed by atoms with Crippen LogP contribution in [0.4, 0.5) is 8.78 Å². The molecule has 0 amide bonds. The van der Waals surface area contributed by atoms with Crippen molar-refractivity contribution in [2.45, 2.75) is 25.4 Å². The van der Waals surface area contributed by atoms with Crippen LogP contribution in [0.2, 0.25) is 0 Å². The third-order valence-electron chi connectivity index (χ3n) is 3.27. The highest BCUT2D eigenvalue weighted by molar-refractivity contribution is 5.97. The predicted molar refractivity (Wildman–Crippen MR) is 74.5 cm³/mol. The van der Waals surface area contributed by atoms with Crippen molar-refractivity contribution < 1.29 is 18.3 Å². The molecule has 0 unspecified atom stereocenters. The SMILES string of the molecule is O=C(Cc1cc(F)cc(F)c1)c1cccc(OC2CC2)c1. The molecule has 2 aromatic rings. The van der Waals surface area contributed by atoms with E-state index < -0.39 is 11.6 Å². The lowest BCUT2D eigenvalue weighted by Gasteiger charge is -2.07. The van der Waals surface area contributed by atoms with Crippen molar-refractivity contribution in [2.75, 3.05) is 0 Å². The molecule has 1 aliphatic carbocycles. The minimum absolute atomic E-state index is 0.0401. The van der Waals surface area contributed by atoms with Gasteiger partial charge in [0.05, 0.1) is 6.10 Å². The molecule has 0 aromatic heterocycles. The highest BCUT2D eigenvalue weighted by Crippen LogP contribution is 2.27. The zero-order valence-electron chi connectivity index (χ0n) is 11.3. The van der Waals surface area contributed by atoms with Gasteiger partial charge in [-0.3, -0.25) is 4.79 Å². The monoisotopic (exact) mass is 288 g/mol. The van der Waals surface area contributed by atoms with Gasteiger partial charge in [0.15, 0.2) is 5.78 Å². The van der Waals surface area contributed by atoms with Crippen LogP contribution in [0.5, 0.6) is 5.75 Å². The fourth-order valence-corrected chi connectivity index (χ4v) is 2.12. The predicted octanol–water partition coefficient (Wildman–Crippen LogP) is 3.93. The lowest BCUT2D eigenvalue weighted by molar-refractivity contribution is 0.0992. The first-order valence-corrected chi connectivity index (χ1v) is 6.85. The number of carbonyl (C=O) groups excluding carboxylic acids is 1. The summed E-state index contributed by atoms with van der Waals surface area (Å²) in [5.41, 5.74) is 0.809. The summed E-state index contributed by atoms with van der Waals surface area (Å²) in [6, 6.07) is 10.0. The first-order valence-electron chi connectivity index (χ1n) is 6.85. The Morgan fingerprint density at radius 3 is 2.48 bits per heavy atom. The van der Waals surface area contributed by atoms with E-state index in [-0.39, 0.29) is 18.3 Å². The van der Waals surface area contributed by atoms with Crippen molar-refractivity contribution >= 4 is 5.78 Å². The first kappa shape index (κ1) is 13.7. The van der Waals surface area contributed by atoms with Gasteiger partial charge >= 0.3 is 0 Å². The molecule has 0 N–H and O–H groups in total. The van der Waals surface area contributed by atoms with Gasteiger partial charge in [0.1, 0.15) is 17.4 Å². The number of hydrogen-bond acceptors (Lipinski definition) is 2. The molecule has 2 nitrogen and oxygen atoms in total. The molecular weight excluding hydrogens is 274 g/mol. The van der Waals surface area contributed by atoms with E-state index in [0.717, 1.165) is 18.9 Å². The molecule has 0 aliphatic heterocycles. The lowest BCUT2D eigenvalue weighted by atomic mass is 10.0. The molecule has 21 heavy (non-hydrogen) atoms. The fraction of sp³-hybridized carbons (Fsp3) is 0.235. The third-order valence-corrected chi connectivity index (χ3v) is 3.27. The minimum atomic E-state index is -0.677. The van der Waals surface area contributed by atoms with Gasteiger partial charge in [0.25, 0.3) is 0 Å². The van der Waals surface area contributed by atoms with Gasteiger partial charge in [-0.15, -0.1) is 0 Å². The van der Waals surface area contributed by atoms with Crippen molar-refractivity contribution in [1.29, 1.82) is 0 Å². The number of ketones is 1. The van der Waals surface area contributed by atoms with Crippen LogP contribution in [-0.4, -0.2) is 11.9 Å². The number of benzene rings is 2. The summed E-state index contributed by atoms with van der Waals surface area (Å²) in [5.74, 6) is -0.887. The number of rotatable bonds is 5. The molecule has 0 saturated heterocycles. The Labute approximate surface area is 121 Å².